The third-order valence-corrected chi connectivity index (χ3v) is 2.08. The van der Waals surface area contributed by atoms with Gasteiger partial charge < -0.3 is 13.7 Å². The van der Waals surface area contributed by atoms with Crippen molar-refractivity contribution in [2.24, 2.45) is 0 Å². The summed E-state index contributed by atoms with van der Waals surface area (Å²) in [5.41, 5.74) is 0. The zero-order valence-electron chi connectivity index (χ0n) is 7.02. The van der Waals surface area contributed by atoms with Crippen LogP contribution in [0.25, 0.3) is 0 Å². The first kappa shape index (κ1) is 11.8. The molecule has 1 atom stereocenters. The number of aromatic hydroxyl groups is 1. The summed E-state index contributed by atoms with van der Waals surface area (Å²) in [7, 11) is 0. The highest BCUT2D eigenvalue weighted by Crippen LogP contribution is 2.18. The van der Waals surface area contributed by atoms with E-state index in [1.807, 2.05) is 0 Å². The molecule has 0 aliphatic carbocycles. The molecule has 14 heavy (non-hydrogen) atoms. The summed E-state index contributed by atoms with van der Waals surface area (Å²) >= 11 is 5.61. The van der Waals surface area contributed by atoms with Gasteiger partial charge in [-0.05, 0) is 24.3 Å². The Labute approximate surface area is 98.7 Å². The monoisotopic (exact) mass is 326 g/mol. The normalized spacial score (nSPS) is 12.4. The Morgan fingerprint density at radius 2 is 1.86 bits per heavy atom. The van der Waals surface area contributed by atoms with E-state index in [-0.39, 0.29) is 12.4 Å². The van der Waals surface area contributed by atoms with Gasteiger partial charge in [0.25, 0.3) is 0 Å². The van der Waals surface area contributed by atoms with Gasteiger partial charge in [-0.3, -0.25) is 3.83 Å². The minimum Gasteiger partial charge on any atom is -0.508 e. The van der Waals surface area contributed by atoms with Crippen LogP contribution in [0.5, 0.6) is 11.5 Å². The fourth-order valence-corrected chi connectivity index (χ4v) is 1.21. The Bertz CT molecular complexity index is 265. The number of benzene rings is 1. The van der Waals surface area contributed by atoms with Gasteiger partial charge in [-0.1, -0.05) is 0 Å². The highest BCUT2D eigenvalue weighted by Gasteiger charge is 2.09. The van der Waals surface area contributed by atoms with Crippen molar-refractivity contribution in [3.8, 4) is 11.5 Å². The predicted octanol–water partition coefficient (Wildman–Crippen LogP) is 2.75. The van der Waals surface area contributed by atoms with Gasteiger partial charge in [0.15, 0.2) is 0 Å². The van der Waals surface area contributed by atoms with Crippen molar-refractivity contribution in [1.82, 2.24) is 0 Å². The van der Waals surface area contributed by atoms with E-state index in [9.17, 15) is 0 Å². The fourth-order valence-electron chi connectivity index (χ4n) is 0.806. The van der Waals surface area contributed by atoms with E-state index in [1.54, 1.807) is 12.1 Å². The molecule has 1 aromatic carbocycles. The minimum absolute atomic E-state index is 0.186. The average molecular weight is 328 g/mol. The van der Waals surface area contributed by atoms with Crippen LogP contribution < -0.4 is 4.74 Å². The molecule has 78 valence electrons. The number of ether oxygens (including phenoxy) is 1. The number of rotatable bonds is 5. The van der Waals surface area contributed by atoms with Crippen LogP contribution in [0.4, 0.5) is 0 Å². The lowest BCUT2D eigenvalue weighted by molar-refractivity contribution is 0.000961. The van der Waals surface area contributed by atoms with Crippen LogP contribution in [0.1, 0.15) is 0 Å². The molecule has 0 aromatic heterocycles. The van der Waals surface area contributed by atoms with Gasteiger partial charge in [-0.25, -0.2) is 0 Å². The van der Waals surface area contributed by atoms with E-state index in [2.05, 4.69) is 36.3 Å². The maximum Gasteiger partial charge on any atom is 0.236 e. The van der Waals surface area contributed by atoms with Gasteiger partial charge >= 0.3 is 0 Å². The molecule has 0 aliphatic rings. The lowest BCUT2D eigenvalue weighted by atomic mass is 10.3. The number of hydrogen-bond acceptors (Lipinski definition) is 4. The van der Waals surface area contributed by atoms with Gasteiger partial charge in [0.05, 0.1) is 16.3 Å². The topological polar surface area (TPSA) is 47.9 Å². The van der Waals surface area contributed by atoms with Gasteiger partial charge in [-0.15, -0.1) is 0 Å². The van der Waals surface area contributed by atoms with E-state index in [4.69, 9.17) is 13.7 Å². The average Bonchev–Trinajstić information content (AvgIpc) is 2.20. The maximum atomic E-state index is 9.02. The van der Waals surface area contributed by atoms with E-state index in [1.165, 1.54) is 12.1 Å². The van der Waals surface area contributed by atoms with E-state index >= 15 is 0 Å². The minimum atomic E-state index is -0.557. The van der Waals surface area contributed by atoms with Crippen LogP contribution in [0.3, 0.4) is 0 Å². The lowest BCUT2D eigenvalue weighted by Crippen LogP contribution is -2.21. The Hall–Kier alpha value is -0.300. The molecule has 0 fully saturated rings. The summed E-state index contributed by atoms with van der Waals surface area (Å²) in [6, 6.07) is 6.30. The standard InChI is InChI=1S/C8H8Br2O4/c9-12-5-8(14-10)13-7-3-1-6(11)2-4-7/h1-4,8,11H,5H2. The summed E-state index contributed by atoms with van der Waals surface area (Å²) in [4.78, 5) is 0. The maximum absolute atomic E-state index is 9.02. The molecule has 6 heteroatoms. The Kier molecular flexibility index (Phi) is 5.24. The van der Waals surface area contributed by atoms with Gasteiger partial charge in [-0.2, -0.15) is 0 Å². The van der Waals surface area contributed by atoms with Crippen molar-refractivity contribution in [2.45, 2.75) is 6.29 Å². The largest absolute Gasteiger partial charge is 0.508 e. The van der Waals surface area contributed by atoms with Crippen LogP contribution in [0, 0.1) is 0 Å². The van der Waals surface area contributed by atoms with Crippen LogP contribution in [0.2, 0.25) is 0 Å². The predicted molar refractivity (Wildman–Crippen MR) is 57.4 cm³/mol. The lowest BCUT2D eigenvalue weighted by Gasteiger charge is -2.14. The molecule has 1 unspecified atom stereocenters. The number of hydrogen-bond donors (Lipinski definition) is 1. The van der Waals surface area contributed by atoms with Gasteiger partial charge in [0.2, 0.25) is 6.29 Å². The van der Waals surface area contributed by atoms with Crippen molar-refractivity contribution in [3.63, 3.8) is 0 Å². The second kappa shape index (κ2) is 6.23. The highest BCUT2D eigenvalue weighted by atomic mass is 79.9. The van der Waals surface area contributed by atoms with E-state index in [0.29, 0.717) is 5.75 Å². The second-order valence-electron chi connectivity index (χ2n) is 2.41. The summed E-state index contributed by atoms with van der Waals surface area (Å²) in [5.74, 6) is 0.766. The van der Waals surface area contributed by atoms with Crippen molar-refractivity contribution < 1.29 is 17.5 Å². The molecule has 0 aliphatic heterocycles. The summed E-state index contributed by atoms with van der Waals surface area (Å²) in [6.07, 6.45) is -0.557. The molecule has 0 radical (unpaired) electrons. The molecule has 0 heterocycles. The zero-order valence-corrected chi connectivity index (χ0v) is 10.2. The summed E-state index contributed by atoms with van der Waals surface area (Å²) in [6.45, 7) is 0.228. The molecule has 0 saturated carbocycles. The first-order valence-electron chi connectivity index (χ1n) is 3.73. The van der Waals surface area contributed by atoms with Crippen LogP contribution in [0.15, 0.2) is 24.3 Å². The third-order valence-electron chi connectivity index (χ3n) is 1.40. The SMILES string of the molecule is Oc1ccc(OC(COBr)OBr)cc1. The van der Waals surface area contributed by atoms with Gasteiger partial charge in [0, 0.05) is 0 Å². The Balaban J connectivity index is 2.53. The third kappa shape index (κ3) is 3.83. The molecule has 0 saturated heterocycles. The first-order chi connectivity index (χ1) is 6.76. The van der Waals surface area contributed by atoms with Gasteiger partial charge in [0.1, 0.15) is 34.4 Å². The van der Waals surface area contributed by atoms with Crippen molar-refractivity contribution in [3.05, 3.63) is 24.3 Å². The number of halogens is 2. The van der Waals surface area contributed by atoms with Crippen LogP contribution in [-0.4, -0.2) is 18.0 Å². The molecule has 4 nitrogen and oxygen atoms in total. The fraction of sp³-hybridized carbons (Fsp3) is 0.250. The Morgan fingerprint density at radius 3 is 2.36 bits per heavy atom. The van der Waals surface area contributed by atoms with E-state index in [0.717, 1.165) is 0 Å². The van der Waals surface area contributed by atoms with Crippen molar-refractivity contribution in [1.29, 1.82) is 0 Å². The number of phenolic OH excluding ortho intramolecular Hbond substituents is 1. The molecule has 0 spiro atoms. The molecule has 1 rings (SSSR count). The first-order valence-corrected chi connectivity index (χ1v) is 5.02. The highest BCUT2D eigenvalue weighted by molar-refractivity contribution is 9.06. The van der Waals surface area contributed by atoms with Crippen LogP contribution in [-0.2, 0) is 7.66 Å². The molecule has 0 bridgehead atoms. The van der Waals surface area contributed by atoms with Crippen LogP contribution >= 0.6 is 32.5 Å². The molecular formula is C8H8Br2O4. The number of phenols is 1. The summed E-state index contributed by atoms with van der Waals surface area (Å²) in [5, 5.41) is 9.02. The van der Waals surface area contributed by atoms with E-state index < -0.39 is 6.29 Å². The molecular weight excluding hydrogens is 320 g/mol. The van der Waals surface area contributed by atoms with Crippen molar-refractivity contribution >= 4 is 32.5 Å². The Morgan fingerprint density at radius 1 is 1.21 bits per heavy atom. The molecule has 1 N–H and O–H groups in total. The quantitative estimate of drug-likeness (QED) is 0.845. The summed E-state index contributed by atoms with van der Waals surface area (Å²) < 4.78 is 14.8. The smallest absolute Gasteiger partial charge is 0.236 e. The molecule has 1 aromatic rings. The second-order valence-corrected chi connectivity index (χ2v) is 3.24. The van der Waals surface area contributed by atoms with Crippen molar-refractivity contribution in [2.75, 3.05) is 6.61 Å². The molecule has 0 amide bonds. The zero-order chi connectivity index (χ0) is 10.4.